The van der Waals surface area contributed by atoms with E-state index >= 15 is 0 Å². The number of hydrogen-bond donors (Lipinski definition) is 0. The number of hydrogen-bond acceptors (Lipinski definition) is 4. The molecule has 1 aliphatic rings. The van der Waals surface area contributed by atoms with E-state index in [9.17, 15) is 0 Å². The Morgan fingerprint density at radius 2 is 1.06 bits per heavy atom. The van der Waals surface area contributed by atoms with Crippen LogP contribution in [-0.4, -0.2) is 48.5 Å². The molecule has 1 aliphatic heterocycles. The Morgan fingerprint density at radius 1 is 0.604 bits per heavy atom. The summed E-state index contributed by atoms with van der Waals surface area (Å²) in [7, 11) is 2.23. The van der Waals surface area contributed by atoms with Crippen molar-refractivity contribution >= 4 is 0 Å². The summed E-state index contributed by atoms with van der Waals surface area (Å²) in [5, 5.41) is 0. The summed E-state index contributed by atoms with van der Waals surface area (Å²) in [5.74, 6) is -0.356. The summed E-state index contributed by atoms with van der Waals surface area (Å²) >= 11 is 0. The van der Waals surface area contributed by atoms with Gasteiger partial charge in [0.1, 0.15) is 0 Å². The molecule has 4 heteroatoms. The SMILES string of the molecule is CCCCCC=CCC=CCCCCCCCCC1(CCCCCCCCC=CCC=CCCCCC)OCC(CCN(C)CCc2ccncc2)O1. The number of aromatic nitrogens is 1. The van der Waals surface area contributed by atoms with Gasteiger partial charge in [0, 0.05) is 38.3 Å². The molecule has 302 valence electrons. The summed E-state index contributed by atoms with van der Waals surface area (Å²) in [6.45, 7) is 7.40. The minimum Gasteiger partial charge on any atom is -0.347 e. The van der Waals surface area contributed by atoms with Gasteiger partial charge in [-0.3, -0.25) is 4.98 Å². The number of ether oxygens (including phenoxy) is 2. The molecule has 1 saturated heterocycles. The lowest BCUT2D eigenvalue weighted by Crippen LogP contribution is -2.32. The van der Waals surface area contributed by atoms with Gasteiger partial charge in [-0.15, -0.1) is 0 Å². The minimum absolute atomic E-state index is 0.215. The largest absolute Gasteiger partial charge is 0.347 e. The van der Waals surface area contributed by atoms with Crippen LogP contribution in [0.2, 0.25) is 0 Å². The molecule has 0 saturated carbocycles. The van der Waals surface area contributed by atoms with Crippen LogP contribution in [0.25, 0.3) is 0 Å². The molecule has 2 heterocycles. The van der Waals surface area contributed by atoms with Crippen molar-refractivity contribution in [3.8, 4) is 0 Å². The van der Waals surface area contributed by atoms with Gasteiger partial charge in [-0.25, -0.2) is 0 Å². The van der Waals surface area contributed by atoms with Crippen LogP contribution in [-0.2, 0) is 15.9 Å². The number of likely N-dealkylation sites (N-methyl/N-ethyl adjacent to an activating group) is 1. The fraction of sp³-hybridized carbons (Fsp3) is 0.735. The first-order chi connectivity index (χ1) is 26.2. The number of allylic oxidation sites excluding steroid dienone is 8. The molecule has 1 atom stereocenters. The third-order valence-electron chi connectivity index (χ3n) is 10.8. The van der Waals surface area contributed by atoms with Crippen molar-refractivity contribution in [3.63, 3.8) is 0 Å². The number of rotatable bonds is 36. The Hall–Kier alpha value is -2.01. The molecule has 0 radical (unpaired) electrons. The summed E-state index contributed by atoms with van der Waals surface area (Å²) < 4.78 is 13.4. The second-order valence-electron chi connectivity index (χ2n) is 15.8. The van der Waals surface area contributed by atoms with Gasteiger partial charge in [0.15, 0.2) is 5.79 Å². The maximum absolute atomic E-state index is 6.83. The van der Waals surface area contributed by atoms with Gasteiger partial charge in [0.05, 0.1) is 12.7 Å². The van der Waals surface area contributed by atoms with E-state index < -0.39 is 0 Å². The van der Waals surface area contributed by atoms with Gasteiger partial charge in [-0.1, -0.05) is 140 Å². The molecule has 0 amide bonds. The van der Waals surface area contributed by atoms with Crippen LogP contribution in [0.3, 0.4) is 0 Å². The number of nitrogens with zero attached hydrogens (tertiary/aromatic N) is 2. The standard InChI is InChI=1S/C49H84N2O2/c1-4-6-8-10-12-14-16-18-20-22-24-26-28-30-32-34-40-49(41-35-33-31-29-27-25-23-21-19-17-15-13-11-9-7-5-2)52-46-48(53-49)39-45-51(3)44-38-47-36-42-50-43-37-47/h12-15,18-21,36-37,42-43,48H,4-11,16-17,22-35,38-41,44-46H2,1-3H3. The Bertz CT molecular complexity index is 1000. The summed E-state index contributed by atoms with van der Waals surface area (Å²) in [6, 6.07) is 4.25. The molecule has 0 spiro atoms. The van der Waals surface area contributed by atoms with Crippen LogP contribution in [0.5, 0.6) is 0 Å². The molecule has 0 aliphatic carbocycles. The van der Waals surface area contributed by atoms with Crippen molar-refractivity contribution < 1.29 is 9.47 Å². The molecule has 0 N–H and O–H groups in total. The average molecular weight is 733 g/mol. The zero-order chi connectivity index (χ0) is 37.8. The van der Waals surface area contributed by atoms with Crippen molar-refractivity contribution in [1.82, 2.24) is 9.88 Å². The van der Waals surface area contributed by atoms with Gasteiger partial charge < -0.3 is 14.4 Å². The van der Waals surface area contributed by atoms with Gasteiger partial charge in [0.25, 0.3) is 0 Å². The smallest absolute Gasteiger partial charge is 0.168 e. The fourth-order valence-corrected chi connectivity index (χ4v) is 7.26. The highest BCUT2D eigenvalue weighted by molar-refractivity contribution is 5.09. The van der Waals surface area contributed by atoms with Crippen molar-refractivity contribution in [2.75, 3.05) is 26.7 Å². The van der Waals surface area contributed by atoms with Gasteiger partial charge in [-0.05, 0) is 115 Å². The Balaban J connectivity index is 1.63. The molecule has 1 fully saturated rings. The lowest BCUT2D eigenvalue weighted by molar-refractivity contribution is -0.180. The van der Waals surface area contributed by atoms with Crippen LogP contribution in [0.15, 0.2) is 73.1 Å². The highest BCUT2D eigenvalue weighted by Crippen LogP contribution is 2.35. The molecule has 1 aromatic rings. The van der Waals surface area contributed by atoms with Crippen molar-refractivity contribution in [2.45, 2.75) is 206 Å². The predicted molar refractivity (Wildman–Crippen MR) is 232 cm³/mol. The predicted octanol–water partition coefficient (Wildman–Crippen LogP) is 14.5. The molecule has 1 unspecified atom stereocenters. The Morgan fingerprint density at radius 3 is 1.55 bits per heavy atom. The zero-order valence-corrected chi connectivity index (χ0v) is 35.1. The molecule has 0 aromatic carbocycles. The fourth-order valence-electron chi connectivity index (χ4n) is 7.26. The van der Waals surface area contributed by atoms with E-state index in [0.717, 1.165) is 58.2 Å². The highest BCUT2D eigenvalue weighted by atomic mass is 16.7. The summed E-state index contributed by atoms with van der Waals surface area (Å²) in [5.41, 5.74) is 1.35. The first-order valence-corrected chi connectivity index (χ1v) is 22.7. The maximum Gasteiger partial charge on any atom is 0.168 e. The zero-order valence-electron chi connectivity index (χ0n) is 35.1. The van der Waals surface area contributed by atoms with E-state index in [0.29, 0.717) is 0 Å². The van der Waals surface area contributed by atoms with Crippen LogP contribution in [0.1, 0.15) is 193 Å². The number of unbranched alkanes of at least 4 members (excludes halogenated alkanes) is 18. The van der Waals surface area contributed by atoms with Crippen LogP contribution >= 0.6 is 0 Å². The van der Waals surface area contributed by atoms with Gasteiger partial charge >= 0.3 is 0 Å². The summed E-state index contributed by atoms with van der Waals surface area (Å²) in [6.07, 6.45) is 57.9. The lowest BCUT2D eigenvalue weighted by atomic mass is 9.98. The average Bonchev–Trinajstić information content (AvgIpc) is 3.59. The van der Waals surface area contributed by atoms with E-state index in [-0.39, 0.29) is 11.9 Å². The van der Waals surface area contributed by atoms with Crippen LogP contribution in [0.4, 0.5) is 0 Å². The Kier molecular flexibility index (Phi) is 30.7. The van der Waals surface area contributed by atoms with E-state index in [1.54, 1.807) is 0 Å². The second-order valence-corrected chi connectivity index (χ2v) is 15.8. The molecule has 0 bridgehead atoms. The molecule has 2 rings (SSSR count). The molecule has 53 heavy (non-hydrogen) atoms. The maximum atomic E-state index is 6.83. The monoisotopic (exact) mass is 733 g/mol. The third-order valence-corrected chi connectivity index (χ3v) is 10.8. The van der Waals surface area contributed by atoms with E-state index in [2.05, 4.69) is 91.5 Å². The van der Waals surface area contributed by atoms with E-state index in [1.165, 1.54) is 147 Å². The first-order valence-electron chi connectivity index (χ1n) is 22.7. The van der Waals surface area contributed by atoms with Crippen LogP contribution in [0, 0.1) is 0 Å². The Labute approximate surface area is 329 Å². The third kappa shape index (κ3) is 27.3. The molecule has 1 aromatic heterocycles. The lowest BCUT2D eigenvalue weighted by Gasteiger charge is -2.29. The number of pyridine rings is 1. The normalized spacial score (nSPS) is 18.0. The molecular weight excluding hydrogens is 649 g/mol. The second kappa shape index (κ2) is 34.5. The van der Waals surface area contributed by atoms with Crippen molar-refractivity contribution in [2.24, 2.45) is 0 Å². The van der Waals surface area contributed by atoms with Crippen molar-refractivity contribution in [1.29, 1.82) is 0 Å². The van der Waals surface area contributed by atoms with Gasteiger partial charge in [0.2, 0.25) is 0 Å². The van der Waals surface area contributed by atoms with Crippen LogP contribution < -0.4 is 0 Å². The first kappa shape index (κ1) is 47.1. The van der Waals surface area contributed by atoms with Crippen molar-refractivity contribution in [3.05, 3.63) is 78.7 Å². The quantitative estimate of drug-likeness (QED) is 0.0508. The minimum atomic E-state index is -0.356. The topological polar surface area (TPSA) is 34.6 Å². The van der Waals surface area contributed by atoms with E-state index in [1.807, 2.05) is 12.4 Å². The van der Waals surface area contributed by atoms with Gasteiger partial charge in [-0.2, -0.15) is 0 Å². The van der Waals surface area contributed by atoms with E-state index in [4.69, 9.17) is 9.47 Å². The highest BCUT2D eigenvalue weighted by Gasteiger charge is 2.40. The molecular formula is C49H84N2O2. The molecule has 4 nitrogen and oxygen atoms in total. The summed E-state index contributed by atoms with van der Waals surface area (Å²) in [4.78, 5) is 6.59.